The predicted molar refractivity (Wildman–Crippen MR) is 98.1 cm³/mol. The summed E-state index contributed by atoms with van der Waals surface area (Å²) < 4.78 is 0. The van der Waals surface area contributed by atoms with Gasteiger partial charge in [0.05, 0.1) is 5.69 Å². The van der Waals surface area contributed by atoms with Gasteiger partial charge in [-0.15, -0.1) is 11.8 Å². The molecule has 0 amide bonds. The van der Waals surface area contributed by atoms with E-state index in [4.69, 9.17) is 0 Å². The molecule has 1 N–H and O–H groups in total. The zero-order chi connectivity index (χ0) is 16.1. The number of para-hydroxylation sites is 1. The maximum absolute atomic E-state index is 12.5. The quantitative estimate of drug-likeness (QED) is 0.579. The Morgan fingerprint density at radius 1 is 1.13 bits per heavy atom. The van der Waals surface area contributed by atoms with E-state index in [1.54, 1.807) is 6.08 Å². The van der Waals surface area contributed by atoms with Crippen LogP contribution in [0.2, 0.25) is 0 Å². The molecule has 0 spiro atoms. The molecule has 0 fully saturated rings. The number of ketones is 1. The zero-order valence-electron chi connectivity index (χ0n) is 13.3. The van der Waals surface area contributed by atoms with Crippen molar-refractivity contribution in [3.63, 3.8) is 0 Å². The average Bonchev–Trinajstić information content (AvgIpc) is 2.60. The van der Waals surface area contributed by atoms with Crippen molar-refractivity contribution in [3.05, 3.63) is 71.9 Å². The standard InChI is InChI=1S/C20H21NOS/c1-2-3-12-20-17(14-18(22)15-9-5-4-6-10-15)21-16-11-7-8-13-19(16)23-20/h4-11,13-14,20-21H,2-3,12H2,1H3/b17-14-. The SMILES string of the molecule is CCCCC1Sc2ccccc2N/C1=C\C(=O)c1ccccc1. The number of carbonyl (C=O) groups excluding carboxylic acids is 1. The van der Waals surface area contributed by atoms with Gasteiger partial charge in [0.1, 0.15) is 0 Å². The number of thioether (sulfide) groups is 1. The lowest BCUT2D eigenvalue weighted by molar-refractivity contribution is 0.104. The average molecular weight is 323 g/mol. The third kappa shape index (κ3) is 3.85. The number of fused-ring (bicyclic) bond motifs is 1. The number of anilines is 1. The minimum absolute atomic E-state index is 0.0644. The molecule has 3 rings (SSSR count). The number of hydrogen-bond donors (Lipinski definition) is 1. The van der Waals surface area contributed by atoms with E-state index in [-0.39, 0.29) is 5.78 Å². The highest BCUT2D eigenvalue weighted by Gasteiger charge is 2.23. The summed E-state index contributed by atoms with van der Waals surface area (Å²) in [6.45, 7) is 2.20. The van der Waals surface area contributed by atoms with Crippen LogP contribution in [0.5, 0.6) is 0 Å². The Hall–Kier alpha value is -2.00. The third-order valence-corrected chi connectivity index (χ3v) is 5.33. The van der Waals surface area contributed by atoms with E-state index in [1.807, 2.05) is 48.2 Å². The van der Waals surface area contributed by atoms with Crippen molar-refractivity contribution < 1.29 is 4.79 Å². The molecule has 0 bridgehead atoms. The summed E-state index contributed by atoms with van der Waals surface area (Å²) in [6, 6.07) is 17.8. The fourth-order valence-corrected chi connectivity index (χ4v) is 3.93. The van der Waals surface area contributed by atoms with Gasteiger partial charge in [-0.1, -0.05) is 62.2 Å². The monoisotopic (exact) mass is 323 g/mol. The van der Waals surface area contributed by atoms with Crippen molar-refractivity contribution in [2.45, 2.75) is 36.3 Å². The van der Waals surface area contributed by atoms with E-state index in [0.717, 1.165) is 23.4 Å². The van der Waals surface area contributed by atoms with Crippen LogP contribution in [0.1, 0.15) is 36.5 Å². The molecular weight excluding hydrogens is 302 g/mol. The van der Waals surface area contributed by atoms with Crippen molar-refractivity contribution in [1.82, 2.24) is 0 Å². The van der Waals surface area contributed by atoms with Gasteiger partial charge in [-0.2, -0.15) is 0 Å². The summed E-state index contributed by atoms with van der Waals surface area (Å²) in [5.74, 6) is 0.0644. The van der Waals surface area contributed by atoms with E-state index in [1.165, 1.54) is 17.7 Å². The Balaban J connectivity index is 1.88. The maximum Gasteiger partial charge on any atom is 0.187 e. The second-order valence-electron chi connectivity index (χ2n) is 5.70. The van der Waals surface area contributed by atoms with Gasteiger partial charge in [-0.05, 0) is 18.6 Å². The molecule has 1 aliphatic heterocycles. The molecule has 118 valence electrons. The Bertz CT molecular complexity index is 709. The first-order chi connectivity index (χ1) is 11.3. The van der Waals surface area contributed by atoms with Crippen molar-refractivity contribution in [2.75, 3.05) is 5.32 Å². The molecule has 3 heteroatoms. The van der Waals surface area contributed by atoms with Crippen LogP contribution < -0.4 is 5.32 Å². The third-order valence-electron chi connectivity index (χ3n) is 3.95. The summed E-state index contributed by atoms with van der Waals surface area (Å²) in [7, 11) is 0. The van der Waals surface area contributed by atoms with Gasteiger partial charge in [0.25, 0.3) is 0 Å². The van der Waals surface area contributed by atoms with Crippen LogP contribution in [-0.2, 0) is 0 Å². The van der Waals surface area contributed by atoms with Crippen molar-refractivity contribution >= 4 is 23.2 Å². The van der Waals surface area contributed by atoms with E-state index < -0.39 is 0 Å². The summed E-state index contributed by atoms with van der Waals surface area (Å²) in [6.07, 6.45) is 5.19. The number of allylic oxidation sites excluding steroid dienone is 1. The van der Waals surface area contributed by atoms with Crippen LogP contribution in [0.4, 0.5) is 5.69 Å². The molecule has 2 aromatic rings. The molecular formula is C20H21NOS. The highest BCUT2D eigenvalue weighted by Crippen LogP contribution is 2.41. The Morgan fingerprint density at radius 3 is 2.65 bits per heavy atom. The number of hydrogen-bond acceptors (Lipinski definition) is 3. The molecule has 0 saturated heterocycles. The summed E-state index contributed by atoms with van der Waals surface area (Å²) in [4.78, 5) is 13.8. The number of benzene rings is 2. The molecule has 23 heavy (non-hydrogen) atoms. The maximum atomic E-state index is 12.5. The summed E-state index contributed by atoms with van der Waals surface area (Å²) in [5, 5.41) is 3.79. The van der Waals surface area contributed by atoms with Crippen LogP contribution >= 0.6 is 11.8 Å². The second-order valence-corrected chi connectivity index (χ2v) is 6.94. The first kappa shape index (κ1) is 15.9. The molecule has 0 saturated carbocycles. The van der Waals surface area contributed by atoms with Crippen LogP contribution in [0, 0.1) is 0 Å². The lowest BCUT2D eigenvalue weighted by atomic mass is 10.1. The molecule has 2 nitrogen and oxygen atoms in total. The lowest BCUT2D eigenvalue weighted by Crippen LogP contribution is -2.20. The van der Waals surface area contributed by atoms with Crippen LogP contribution in [-0.4, -0.2) is 11.0 Å². The van der Waals surface area contributed by atoms with Crippen LogP contribution in [0.15, 0.2) is 71.3 Å². The first-order valence-corrected chi connectivity index (χ1v) is 8.99. The smallest absolute Gasteiger partial charge is 0.187 e. The van der Waals surface area contributed by atoms with E-state index in [2.05, 4.69) is 30.4 Å². The Labute approximate surface area is 142 Å². The largest absolute Gasteiger partial charge is 0.357 e. The van der Waals surface area contributed by atoms with Crippen LogP contribution in [0.3, 0.4) is 0 Å². The van der Waals surface area contributed by atoms with Crippen LogP contribution in [0.25, 0.3) is 0 Å². The highest BCUT2D eigenvalue weighted by atomic mass is 32.2. The lowest BCUT2D eigenvalue weighted by Gasteiger charge is -2.28. The number of rotatable bonds is 5. The summed E-state index contributed by atoms with van der Waals surface area (Å²) >= 11 is 1.86. The molecule has 1 aliphatic rings. The Morgan fingerprint density at radius 2 is 1.87 bits per heavy atom. The molecule has 2 aromatic carbocycles. The van der Waals surface area contributed by atoms with Gasteiger partial charge in [0, 0.05) is 27.5 Å². The van der Waals surface area contributed by atoms with Gasteiger partial charge in [0.2, 0.25) is 0 Å². The van der Waals surface area contributed by atoms with E-state index >= 15 is 0 Å². The molecule has 1 unspecified atom stereocenters. The topological polar surface area (TPSA) is 29.1 Å². The Kier molecular flexibility index (Phi) is 5.19. The number of nitrogens with one attached hydrogen (secondary N) is 1. The number of unbranched alkanes of at least 4 members (excludes halogenated alkanes) is 1. The van der Waals surface area contributed by atoms with Crippen molar-refractivity contribution in [2.24, 2.45) is 0 Å². The van der Waals surface area contributed by atoms with Gasteiger partial charge in [-0.3, -0.25) is 4.79 Å². The first-order valence-electron chi connectivity index (χ1n) is 8.11. The zero-order valence-corrected chi connectivity index (χ0v) is 14.1. The summed E-state index contributed by atoms with van der Waals surface area (Å²) in [5.41, 5.74) is 2.85. The van der Waals surface area contributed by atoms with Gasteiger partial charge < -0.3 is 5.32 Å². The van der Waals surface area contributed by atoms with E-state index in [0.29, 0.717) is 5.25 Å². The minimum atomic E-state index is 0.0644. The molecule has 0 aliphatic carbocycles. The fourth-order valence-electron chi connectivity index (χ4n) is 2.69. The second kappa shape index (κ2) is 7.51. The molecule has 1 atom stereocenters. The highest BCUT2D eigenvalue weighted by molar-refractivity contribution is 8.00. The van der Waals surface area contributed by atoms with Crippen molar-refractivity contribution in [1.29, 1.82) is 0 Å². The van der Waals surface area contributed by atoms with E-state index in [9.17, 15) is 4.79 Å². The molecule has 0 radical (unpaired) electrons. The number of carbonyl (C=O) groups is 1. The van der Waals surface area contributed by atoms with Gasteiger partial charge >= 0.3 is 0 Å². The van der Waals surface area contributed by atoms with Crippen molar-refractivity contribution in [3.8, 4) is 0 Å². The normalized spacial score (nSPS) is 18.3. The predicted octanol–water partition coefficient (Wildman–Crippen LogP) is 5.53. The fraction of sp³-hybridized carbons (Fsp3) is 0.250. The van der Waals surface area contributed by atoms with Gasteiger partial charge in [-0.25, -0.2) is 0 Å². The molecule has 0 aromatic heterocycles. The van der Waals surface area contributed by atoms with Gasteiger partial charge in [0.15, 0.2) is 5.78 Å². The molecule has 1 heterocycles. The minimum Gasteiger partial charge on any atom is -0.357 e.